The van der Waals surface area contributed by atoms with E-state index in [1.165, 1.54) is 12.3 Å². The molecule has 0 atom stereocenters. The van der Waals surface area contributed by atoms with E-state index in [1.54, 1.807) is 6.08 Å². The maximum atomic E-state index is 11.3. The number of hydrogen-bond acceptors (Lipinski definition) is 4. The third kappa shape index (κ3) is 0.711. The van der Waals surface area contributed by atoms with E-state index in [0.29, 0.717) is 5.57 Å². The third-order valence-corrected chi connectivity index (χ3v) is 2.18. The molecule has 0 saturated carbocycles. The molecule has 2 aliphatic heterocycles. The summed E-state index contributed by atoms with van der Waals surface area (Å²) in [4.78, 5) is 26.2. The monoisotopic (exact) mass is 185 g/mol. The van der Waals surface area contributed by atoms with Crippen molar-refractivity contribution in [1.29, 1.82) is 0 Å². The molecule has 3 aliphatic rings. The predicted molar refractivity (Wildman–Crippen MR) is 49.5 cm³/mol. The molecule has 0 N–H and O–H groups in total. The standard InChI is InChI=1S/C9H3N3O2/c13-5-2-1-4-3-10-9(14)8-6(4)7(5)11-12-8/h1-3H. The molecule has 3 rings (SSSR count). The minimum absolute atomic E-state index is 0.176. The lowest BCUT2D eigenvalue weighted by molar-refractivity contribution is -0.111. The summed E-state index contributed by atoms with van der Waals surface area (Å²) in [6.07, 6.45) is 4.45. The van der Waals surface area contributed by atoms with Crippen molar-refractivity contribution in [3.05, 3.63) is 23.3 Å². The summed E-state index contributed by atoms with van der Waals surface area (Å²) in [5, 5.41) is 7.33. The van der Waals surface area contributed by atoms with Crippen molar-refractivity contribution in [1.82, 2.24) is 0 Å². The molecule has 14 heavy (non-hydrogen) atoms. The molecule has 0 saturated heterocycles. The Morgan fingerprint density at radius 3 is 2.64 bits per heavy atom. The fraction of sp³-hybridized carbons (Fsp3) is 0. The second-order valence-corrected chi connectivity index (χ2v) is 2.99. The summed E-state index contributed by atoms with van der Waals surface area (Å²) in [6, 6.07) is 0. The van der Waals surface area contributed by atoms with Gasteiger partial charge in [0.25, 0.3) is 5.91 Å². The van der Waals surface area contributed by atoms with Crippen molar-refractivity contribution in [3.63, 3.8) is 0 Å². The summed E-state index contributed by atoms with van der Waals surface area (Å²) in [6.45, 7) is 0. The fourth-order valence-corrected chi connectivity index (χ4v) is 1.53. The van der Waals surface area contributed by atoms with Gasteiger partial charge in [-0.1, -0.05) is 0 Å². The Kier molecular flexibility index (Phi) is 1.14. The Bertz CT molecular complexity index is 486. The van der Waals surface area contributed by atoms with Gasteiger partial charge in [-0.05, 0) is 12.2 Å². The molecule has 5 nitrogen and oxygen atoms in total. The van der Waals surface area contributed by atoms with Crippen LogP contribution >= 0.6 is 0 Å². The van der Waals surface area contributed by atoms with Gasteiger partial charge >= 0.3 is 0 Å². The summed E-state index contributed by atoms with van der Waals surface area (Å²) < 4.78 is 0. The van der Waals surface area contributed by atoms with Crippen molar-refractivity contribution in [2.24, 2.45) is 15.2 Å². The van der Waals surface area contributed by atoms with Crippen LogP contribution in [0.4, 0.5) is 0 Å². The number of allylic oxidation sites excluding steroid dienone is 3. The van der Waals surface area contributed by atoms with Crippen molar-refractivity contribution >= 4 is 29.3 Å². The summed E-state index contributed by atoms with van der Waals surface area (Å²) >= 11 is 0. The smallest absolute Gasteiger partial charge is 0.287 e. The number of nitrogens with zero attached hydrogens (tertiary/aromatic N) is 3. The van der Waals surface area contributed by atoms with E-state index in [-0.39, 0.29) is 17.2 Å². The van der Waals surface area contributed by atoms with Crippen LogP contribution < -0.4 is 0 Å². The van der Waals surface area contributed by atoms with Gasteiger partial charge in [-0.3, -0.25) is 9.59 Å². The van der Waals surface area contributed by atoms with E-state index in [9.17, 15) is 9.59 Å². The molecule has 66 valence electrons. The van der Waals surface area contributed by atoms with Crippen LogP contribution in [0.3, 0.4) is 0 Å². The van der Waals surface area contributed by atoms with Gasteiger partial charge in [0, 0.05) is 17.4 Å². The van der Waals surface area contributed by atoms with Crippen molar-refractivity contribution in [2.75, 3.05) is 0 Å². The highest BCUT2D eigenvalue weighted by Crippen LogP contribution is 2.23. The summed E-state index contributed by atoms with van der Waals surface area (Å²) in [5.74, 6) is -0.656. The van der Waals surface area contributed by atoms with Gasteiger partial charge in [-0.2, -0.15) is 0 Å². The van der Waals surface area contributed by atoms with Gasteiger partial charge in [0.1, 0.15) is 5.71 Å². The van der Waals surface area contributed by atoms with Gasteiger partial charge < -0.3 is 0 Å². The highest BCUT2D eigenvalue weighted by Gasteiger charge is 2.35. The Balaban J connectivity index is 2.30. The van der Waals surface area contributed by atoms with E-state index < -0.39 is 5.91 Å². The van der Waals surface area contributed by atoms with Crippen LogP contribution in [0.5, 0.6) is 0 Å². The van der Waals surface area contributed by atoms with Gasteiger partial charge in [-0.15, -0.1) is 10.2 Å². The fourth-order valence-electron chi connectivity index (χ4n) is 1.53. The molecule has 1 aliphatic carbocycles. The van der Waals surface area contributed by atoms with Crippen LogP contribution in [0.15, 0.2) is 38.5 Å². The number of amides is 1. The van der Waals surface area contributed by atoms with Gasteiger partial charge in [0.2, 0.25) is 5.78 Å². The van der Waals surface area contributed by atoms with Crippen LogP contribution in [0.2, 0.25) is 0 Å². The minimum Gasteiger partial charge on any atom is -0.287 e. The molecule has 0 spiro atoms. The summed E-state index contributed by atoms with van der Waals surface area (Å²) in [7, 11) is 0. The number of hydrogen-bond donors (Lipinski definition) is 0. The quantitative estimate of drug-likeness (QED) is 0.492. The number of carbonyl (C=O) groups excluding carboxylic acids is 2. The number of ketones is 1. The van der Waals surface area contributed by atoms with Crippen LogP contribution in [0.1, 0.15) is 0 Å². The molecule has 0 fully saturated rings. The zero-order chi connectivity index (χ0) is 9.71. The highest BCUT2D eigenvalue weighted by molar-refractivity contribution is 6.67. The van der Waals surface area contributed by atoms with E-state index in [4.69, 9.17) is 0 Å². The molecule has 2 heterocycles. The molecular weight excluding hydrogens is 182 g/mol. The molecule has 0 unspecified atom stereocenters. The Labute approximate surface area is 78.2 Å². The number of dihydropyridines is 1. The minimum atomic E-state index is -0.439. The van der Waals surface area contributed by atoms with Crippen molar-refractivity contribution in [3.8, 4) is 0 Å². The second-order valence-electron chi connectivity index (χ2n) is 2.99. The second kappa shape index (κ2) is 2.20. The largest absolute Gasteiger partial charge is 0.298 e. The Morgan fingerprint density at radius 1 is 1.00 bits per heavy atom. The number of carbonyl (C=O) groups is 2. The van der Waals surface area contributed by atoms with Gasteiger partial charge in [0.05, 0.1) is 0 Å². The molecule has 0 aromatic rings. The number of rotatable bonds is 0. The topological polar surface area (TPSA) is 71.2 Å². The first-order valence-corrected chi connectivity index (χ1v) is 3.99. The normalized spacial score (nSPS) is 22.6. The van der Waals surface area contributed by atoms with Crippen LogP contribution in [-0.4, -0.2) is 29.3 Å². The summed E-state index contributed by atoms with van der Waals surface area (Å²) in [5.41, 5.74) is 1.67. The van der Waals surface area contributed by atoms with Crippen LogP contribution in [-0.2, 0) is 9.59 Å². The first kappa shape index (κ1) is 7.25. The highest BCUT2D eigenvalue weighted by atomic mass is 16.1. The van der Waals surface area contributed by atoms with Crippen LogP contribution in [0, 0.1) is 0 Å². The lowest BCUT2D eigenvalue weighted by Crippen LogP contribution is -2.28. The van der Waals surface area contributed by atoms with Crippen molar-refractivity contribution in [2.45, 2.75) is 0 Å². The molecule has 0 aromatic carbocycles. The van der Waals surface area contributed by atoms with Gasteiger partial charge in [-0.25, -0.2) is 4.99 Å². The molecule has 1 amide bonds. The van der Waals surface area contributed by atoms with Gasteiger partial charge in [0.15, 0.2) is 5.71 Å². The zero-order valence-electron chi connectivity index (χ0n) is 6.89. The lowest BCUT2D eigenvalue weighted by atomic mass is 9.90. The first-order valence-electron chi connectivity index (χ1n) is 3.99. The van der Waals surface area contributed by atoms with Crippen LogP contribution in [0.25, 0.3) is 0 Å². The average molecular weight is 185 g/mol. The molecule has 0 bridgehead atoms. The predicted octanol–water partition coefficient (Wildman–Crippen LogP) is -0.156. The van der Waals surface area contributed by atoms with Crippen molar-refractivity contribution < 1.29 is 9.59 Å². The maximum absolute atomic E-state index is 11.3. The lowest BCUT2D eigenvalue weighted by Gasteiger charge is -2.12. The number of aliphatic imine (C=N–C) groups is 1. The molecule has 0 radical (unpaired) electrons. The maximum Gasteiger partial charge on any atom is 0.298 e. The van der Waals surface area contributed by atoms with E-state index in [1.807, 2.05) is 0 Å². The van der Waals surface area contributed by atoms with E-state index >= 15 is 0 Å². The zero-order valence-corrected chi connectivity index (χ0v) is 6.89. The first-order chi connectivity index (χ1) is 6.77. The molecular formula is C9H3N3O2. The Hall–Kier alpha value is -2.17. The molecule has 5 heteroatoms. The SMILES string of the molecule is O=C1C=CC2=C3C1=NN=C3C(=O)N=C2. The van der Waals surface area contributed by atoms with E-state index in [0.717, 1.165) is 5.57 Å². The molecule has 0 aromatic heterocycles. The third-order valence-electron chi connectivity index (χ3n) is 2.18. The average Bonchev–Trinajstić information content (AvgIpc) is 2.62. The van der Waals surface area contributed by atoms with E-state index in [2.05, 4.69) is 15.2 Å². The Morgan fingerprint density at radius 2 is 1.79 bits per heavy atom.